The predicted molar refractivity (Wildman–Crippen MR) is 75.0 cm³/mol. The fourth-order valence-electron chi connectivity index (χ4n) is 3.74. The molecule has 2 aliphatic heterocycles. The van der Waals surface area contributed by atoms with Gasteiger partial charge in [0.25, 0.3) is 0 Å². The van der Waals surface area contributed by atoms with Crippen LogP contribution in [0.4, 0.5) is 0 Å². The van der Waals surface area contributed by atoms with Crippen LogP contribution < -0.4 is 5.32 Å². The third-order valence-corrected chi connectivity index (χ3v) is 4.59. The Morgan fingerprint density at radius 1 is 1.22 bits per heavy atom. The quantitative estimate of drug-likeness (QED) is 0.809. The van der Waals surface area contributed by atoms with E-state index in [2.05, 4.69) is 35.0 Å². The van der Waals surface area contributed by atoms with Crippen molar-refractivity contribution in [2.24, 2.45) is 0 Å². The summed E-state index contributed by atoms with van der Waals surface area (Å²) in [6, 6.07) is 7.83. The van der Waals surface area contributed by atoms with Crippen LogP contribution in [0, 0.1) is 6.92 Å². The molecule has 4 rings (SSSR count). The molecule has 0 aliphatic carbocycles. The average Bonchev–Trinajstić information content (AvgIpc) is 3.00. The molecule has 1 unspecified atom stereocenters. The van der Waals surface area contributed by atoms with Crippen LogP contribution >= 0.6 is 0 Å². The Morgan fingerprint density at radius 2 is 2.17 bits per heavy atom. The number of rotatable bonds is 1. The lowest BCUT2D eigenvalue weighted by Gasteiger charge is -2.19. The Morgan fingerprint density at radius 3 is 3.00 bits per heavy atom. The van der Waals surface area contributed by atoms with Gasteiger partial charge < -0.3 is 9.88 Å². The summed E-state index contributed by atoms with van der Waals surface area (Å²) in [6.07, 6.45) is 5.16. The smallest absolute Gasteiger partial charge is 0.0515 e. The molecule has 0 amide bonds. The lowest BCUT2D eigenvalue weighted by Crippen LogP contribution is -2.14. The second-order valence-electron chi connectivity index (χ2n) is 5.81. The van der Waals surface area contributed by atoms with Crippen LogP contribution in [0.3, 0.4) is 0 Å². The molecule has 0 radical (unpaired) electrons. The van der Waals surface area contributed by atoms with Crippen LogP contribution in [0.25, 0.3) is 10.9 Å². The van der Waals surface area contributed by atoms with Gasteiger partial charge in [0.15, 0.2) is 0 Å². The molecule has 2 aliphatic rings. The standard InChI is InChI=1S/C16H20N2/c1-11-8-14-10-13(15-5-2-6-17-15)9-12-4-3-7-18(11)16(12)14/h8-10,15,17H,2-7H2,1H3. The van der Waals surface area contributed by atoms with Gasteiger partial charge in [0, 0.05) is 23.7 Å². The lowest BCUT2D eigenvalue weighted by molar-refractivity contribution is 0.617. The molecule has 1 aromatic heterocycles. The predicted octanol–water partition coefficient (Wildman–Crippen LogP) is 3.32. The second kappa shape index (κ2) is 3.86. The van der Waals surface area contributed by atoms with Crippen molar-refractivity contribution in [2.75, 3.05) is 6.54 Å². The molecule has 3 heterocycles. The van der Waals surface area contributed by atoms with Crippen molar-refractivity contribution >= 4 is 10.9 Å². The molecule has 94 valence electrons. The van der Waals surface area contributed by atoms with Gasteiger partial charge in [-0.15, -0.1) is 0 Å². The Balaban J connectivity index is 1.92. The Kier molecular flexibility index (Phi) is 2.28. The maximum absolute atomic E-state index is 3.62. The third kappa shape index (κ3) is 1.45. The zero-order chi connectivity index (χ0) is 12.1. The van der Waals surface area contributed by atoms with Gasteiger partial charge >= 0.3 is 0 Å². The van der Waals surface area contributed by atoms with Crippen molar-refractivity contribution in [3.05, 3.63) is 35.0 Å². The first-order valence-electron chi connectivity index (χ1n) is 7.19. The molecule has 2 heteroatoms. The van der Waals surface area contributed by atoms with Crippen molar-refractivity contribution in [2.45, 2.75) is 45.2 Å². The first-order chi connectivity index (χ1) is 8.83. The number of nitrogens with zero attached hydrogens (tertiary/aromatic N) is 1. The Labute approximate surface area is 108 Å². The molecular weight excluding hydrogens is 220 g/mol. The van der Waals surface area contributed by atoms with Crippen molar-refractivity contribution < 1.29 is 0 Å². The van der Waals surface area contributed by atoms with Crippen LogP contribution in [-0.4, -0.2) is 11.1 Å². The zero-order valence-corrected chi connectivity index (χ0v) is 11.0. The van der Waals surface area contributed by atoms with E-state index in [1.54, 1.807) is 5.56 Å². The highest BCUT2D eigenvalue weighted by molar-refractivity contribution is 5.86. The van der Waals surface area contributed by atoms with Crippen LogP contribution in [0.2, 0.25) is 0 Å². The third-order valence-electron chi connectivity index (χ3n) is 4.59. The summed E-state index contributed by atoms with van der Waals surface area (Å²) >= 11 is 0. The fraction of sp³-hybridized carbons (Fsp3) is 0.500. The van der Waals surface area contributed by atoms with Gasteiger partial charge in [-0.2, -0.15) is 0 Å². The van der Waals surface area contributed by atoms with Crippen LogP contribution in [0.1, 0.15) is 42.1 Å². The maximum Gasteiger partial charge on any atom is 0.0515 e. The van der Waals surface area contributed by atoms with Gasteiger partial charge in [0.1, 0.15) is 0 Å². The lowest BCUT2D eigenvalue weighted by atomic mass is 9.96. The largest absolute Gasteiger partial charge is 0.345 e. The number of aromatic nitrogens is 1. The van der Waals surface area contributed by atoms with Gasteiger partial charge in [-0.05, 0) is 62.4 Å². The SMILES string of the molecule is Cc1cc2cc(C3CCCN3)cc3c2n1CCC3. The molecule has 0 bridgehead atoms. The van der Waals surface area contributed by atoms with E-state index >= 15 is 0 Å². The van der Waals surface area contributed by atoms with E-state index < -0.39 is 0 Å². The van der Waals surface area contributed by atoms with E-state index in [4.69, 9.17) is 0 Å². The first kappa shape index (κ1) is 10.6. The van der Waals surface area contributed by atoms with E-state index in [0.29, 0.717) is 6.04 Å². The molecule has 1 N–H and O–H groups in total. The van der Waals surface area contributed by atoms with E-state index in [9.17, 15) is 0 Å². The van der Waals surface area contributed by atoms with E-state index in [0.717, 1.165) is 0 Å². The van der Waals surface area contributed by atoms with E-state index in [1.807, 2.05) is 0 Å². The summed E-state index contributed by atoms with van der Waals surface area (Å²) in [4.78, 5) is 0. The highest BCUT2D eigenvalue weighted by Gasteiger charge is 2.20. The highest BCUT2D eigenvalue weighted by Crippen LogP contribution is 2.33. The number of hydrogen-bond donors (Lipinski definition) is 1. The topological polar surface area (TPSA) is 17.0 Å². The summed E-state index contributed by atoms with van der Waals surface area (Å²) in [6.45, 7) is 4.62. The molecule has 0 saturated carbocycles. The minimum Gasteiger partial charge on any atom is -0.345 e. The molecule has 1 fully saturated rings. The van der Waals surface area contributed by atoms with Crippen molar-refractivity contribution in [3.63, 3.8) is 0 Å². The summed E-state index contributed by atoms with van der Waals surface area (Å²) in [7, 11) is 0. The molecule has 1 aromatic carbocycles. The minimum absolute atomic E-state index is 0.594. The van der Waals surface area contributed by atoms with E-state index in [-0.39, 0.29) is 0 Å². The molecule has 2 aromatic rings. The minimum atomic E-state index is 0.594. The van der Waals surface area contributed by atoms with Crippen molar-refractivity contribution in [1.29, 1.82) is 0 Å². The molecule has 2 nitrogen and oxygen atoms in total. The van der Waals surface area contributed by atoms with Crippen molar-refractivity contribution in [3.8, 4) is 0 Å². The number of aryl methyl sites for hydroxylation is 3. The van der Waals surface area contributed by atoms with Gasteiger partial charge in [0.05, 0.1) is 5.52 Å². The number of hydrogen-bond acceptors (Lipinski definition) is 1. The molecule has 0 spiro atoms. The van der Waals surface area contributed by atoms with Gasteiger partial charge in [0.2, 0.25) is 0 Å². The molecule has 1 saturated heterocycles. The molecular formula is C16H20N2. The monoisotopic (exact) mass is 240 g/mol. The summed E-state index contributed by atoms with van der Waals surface area (Å²) in [5, 5.41) is 5.07. The zero-order valence-electron chi connectivity index (χ0n) is 11.0. The average molecular weight is 240 g/mol. The number of benzene rings is 1. The molecule has 1 atom stereocenters. The van der Waals surface area contributed by atoms with Crippen molar-refractivity contribution in [1.82, 2.24) is 9.88 Å². The second-order valence-corrected chi connectivity index (χ2v) is 5.81. The van der Waals surface area contributed by atoms with Gasteiger partial charge in [-0.1, -0.05) is 6.07 Å². The summed E-state index contributed by atoms with van der Waals surface area (Å²) in [5.74, 6) is 0. The van der Waals surface area contributed by atoms with Crippen LogP contribution in [-0.2, 0) is 13.0 Å². The summed E-state index contributed by atoms with van der Waals surface area (Å²) < 4.78 is 2.50. The van der Waals surface area contributed by atoms with E-state index in [1.165, 1.54) is 60.9 Å². The highest BCUT2D eigenvalue weighted by atomic mass is 15.0. The fourth-order valence-corrected chi connectivity index (χ4v) is 3.74. The maximum atomic E-state index is 3.62. The Hall–Kier alpha value is -1.28. The summed E-state index contributed by atoms with van der Waals surface area (Å²) in [5.41, 5.74) is 5.99. The van der Waals surface area contributed by atoms with Gasteiger partial charge in [-0.3, -0.25) is 0 Å². The van der Waals surface area contributed by atoms with Crippen LogP contribution in [0.15, 0.2) is 18.2 Å². The normalized spacial score (nSPS) is 22.8. The van der Waals surface area contributed by atoms with Crippen LogP contribution in [0.5, 0.6) is 0 Å². The van der Waals surface area contributed by atoms with Gasteiger partial charge in [-0.25, -0.2) is 0 Å². The Bertz CT molecular complexity index is 603. The molecule has 18 heavy (non-hydrogen) atoms. The number of nitrogens with one attached hydrogen (secondary N) is 1. The first-order valence-corrected chi connectivity index (χ1v) is 7.19.